The minimum Gasteiger partial charge on any atom is -0.375 e. The van der Waals surface area contributed by atoms with Crippen molar-refractivity contribution >= 4 is 39.6 Å². The van der Waals surface area contributed by atoms with E-state index in [2.05, 4.69) is 73.3 Å². The molecule has 180 valence electrons. The largest absolute Gasteiger partial charge is 0.375 e. The van der Waals surface area contributed by atoms with E-state index in [1.165, 1.54) is 12.8 Å². The maximum absolute atomic E-state index is 5.61. The number of aromatic nitrogens is 4. The van der Waals surface area contributed by atoms with E-state index in [-0.39, 0.29) is 0 Å². The van der Waals surface area contributed by atoms with Gasteiger partial charge in [-0.1, -0.05) is 12.1 Å². The van der Waals surface area contributed by atoms with E-state index in [1.54, 1.807) is 0 Å². The molecule has 8 nitrogen and oxygen atoms in total. The first-order valence-corrected chi connectivity index (χ1v) is 12.6. The first-order chi connectivity index (χ1) is 17.8. The molecule has 1 fully saturated rings. The summed E-state index contributed by atoms with van der Waals surface area (Å²) in [6, 6.07) is 10.5. The summed E-state index contributed by atoms with van der Waals surface area (Å²) in [5.41, 5.74) is 7.45. The van der Waals surface area contributed by atoms with Gasteiger partial charge in [0.25, 0.3) is 0 Å². The minimum absolute atomic E-state index is 0.620. The second-order valence-electron chi connectivity index (χ2n) is 9.47. The molecule has 0 atom stereocenters. The van der Waals surface area contributed by atoms with Gasteiger partial charge in [-0.15, -0.1) is 0 Å². The van der Waals surface area contributed by atoms with Crippen LogP contribution >= 0.6 is 0 Å². The Labute approximate surface area is 209 Å². The van der Waals surface area contributed by atoms with Gasteiger partial charge in [0.05, 0.1) is 30.1 Å². The van der Waals surface area contributed by atoms with Crippen molar-refractivity contribution in [1.29, 1.82) is 0 Å². The number of imidazole rings is 1. The lowest BCUT2D eigenvalue weighted by Gasteiger charge is -2.15. The van der Waals surface area contributed by atoms with E-state index in [0.29, 0.717) is 13.0 Å². The second kappa shape index (κ2) is 8.87. The van der Waals surface area contributed by atoms with Gasteiger partial charge in [0, 0.05) is 61.7 Å². The lowest BCUT2D eigenvalue weighted by Crippen LogP contribution is -2.20. The van der Waals surface area contributed by atoms with Crippen molar-refractivity contribution in [1.82, 2.24) is 19.4 Å². The number of hydrogen-bond acceptors (Lipinski definition) is 7. The molecule has 0 saturated carbocycles. The Morgan fingerprint density at radius 3 is 2.92 bits per heavy atom. The van der Waals surface area contributed by atoms with E-state index in [0.717, 1.165) is 82.7 Å². The molecule has 3 aliphatic heterocycles. The van der Waals surface area contributed by atoms with Gasteiger partial charge in [0.15, 0.2) is 0 Å². The SMILES string of the molecule is C1=CC(c2ccc3nc(N4CCCC4)ncc3c2)=CCC(Nc2ccn3c4c(nc3c2)CCOC4)=N1. The zero-order valence-corrected chi connectivity index (χ0v) is 20.0. The van der Waals surface area contributed by atoms with Crippen LogP contribution in [0.5, 0.6) is 0 Å². The molecule has 8 heteroatoms. The molecule has 0 amide bonds. The maximum Gasteiger partial charge on any atom is 0.225 e. The van der Waals surface area contributed by atoms with Crippen molar-refractivity contribution in [3.8, 4) is 0 Å². The maximum atomic E-state index is 5.61. The highest BCUT2D eigenvalue weighted by Crippen LogP contribution is 2.26. The molecule has 0 spiro atoms. The number of nitrogens with one attached hydrogen (secondary N) is 1. The van der Waals surface area contributed by atoms with Crippen molar-refractivity contribution in [3.63, 3.8) is 0 Å². The Kier molecular flexibility index (Phi) is 5.24. The number of amidine groups is 1. The van der Waals surface area contributed by atoms with Gasteiger partial charge in [-0.05, 0) is 48.3 Å². The molecule has 6 heterocycles. The van der Waals surface area contributed by atoms with Crippen molar-refractivity contribution < 1.29 is 4.74 Å². The molecular weight excluding hydrogens is 450 g/mol. The van der Waals surface area contributed by atoms with Crippen LogP contribution in [-0.2, 0) is 17.8 Å². The quantitative estimate of drug-likeness (QED) is 0.458. The van der Waals surface area contributed by atoms with Gasteiger partial charge in [0.1, 0.15) is 11.5 Å². The molecule has 3 aliphatic rings. The highest BCUT2D eigenvalue weighted by Gasteiger charge is 2.17. The third-order valence-corrected chi connectivity index (χ3v) is 7.11. The smallest absolute Gasteiger partial charge is 0.225 e. The van der Waals surface area contributed by atoms with Crippen LogP contribution in [0.2, 0.25) is 0 Å². The van der Waals surface area contributed by atoms with Crippen LogP contribution in [-0.4, -0.2) is 44.9 Å². The zero-order chi connectivity index (χ0) is 23.9. The summed E-state index contributed by atoms with van der Waals surface area (Å²) in [6.07, 6.45) is 14.1. The number of hydrogen-bond donors (Lipinski definition) is 1. The number of rotatable bonds is 3. The van der Waals surface area contributed by atoms with Crippen molar-refractivity contribution in [3.05, 3.63) is 78.0 Å². The molecule has 7 rings (SSSR count). The van der Waals surface area contributed by atoms with Crippen LogP contribution in [0, 0.1) is 0 Å². The Hall–Kier alpha value is -4.04. The van der Waals surface area contributed by atoms with Crippen molar-refractivity contribution in [2.45, 2.75) is 32.3 Å². The van der Waals surface area contributed by atoms with Crippen LogP contribution in [0.3, 0.4) is 0 Å². The minimum atomic E-state index is 0.620. The van der Waals surface area contributed by atoms with Crippen molar-refractivity contribution in [2.24, 2.45) is 4.99 Å². The summed E-state index contributed by atoms with van der Waals surface area (Å²) in [7, 11) is 0. The highest BCUT2D eigenvalue weighted by atomic mass is 16.5. The molecule has 1 aromatic carbocycles. The number of fused-ring (bicyclic) bond motifs is 4. The van der Waals surface area contributed by atoms with Crippen LogP contribution in [0.25, 0.3) is 22.1 Å². The third kappa shape index (κ3) is 3.93. The van der Waals surface area contributed by atoms with Gasteiger partial charge < -0.3 is 19.4 Å². The summed E-state index contributed by atoms with van der Waals surface area (Å²) >= 11 is 0. The first kappa shape index (κ1) is 21.3. The number of ether oxygens (including phenoxy) is 1. The second-order valence-corrected chi connectivity index (χ2v) is 9.47. The standard InChI is InChI=1S/C28H27N7O/c1-2-12-34(11-1)28-30-17-21-15-20(3-5-23(21)33-28)19-4-6-26(29-10-7-19)31-22-8-13-35-25-18-36-14-9-24(25)32-27(35)16-22/h3-5,7-8,10,13,15-17H,1-2,6,9,11-12,14,18H2,(H,29,31). The fraction of sp³-hybridized carbons (Fsp3) is 0.286. The van der Waals surface area contributed by atoms with Crippen LogP contribution < -0.4 is 10.2 Å². The molecule has 36 heavy (non-hydrogen) atoms. The lowest BCUT2D eigenvalue weighted by molar-refractivity contribution is 0.106. The molecule has 1 N–H and O–H groups in total. The summed E-state index contributed by atoms with van der Waals surface area (Å²) in [5, 5.41) is 4.52. The molecule has 0 aliphatic carbocycles. The monoisotopic (exact) mass is 477 g/mol. The number of benzene rings is 1. The third-order valence-electron chi connectivity index (χ3n) is 7.11. The average molecular weight is 478 g/mol. The molecule has 0 radical (unpaired) electrons. The van der Waals surface area contributed by atoms with Gasteiger partial charge in [-0.2, -0.15) is 0 Å². The van der Waals surface area contributed by atoms with Crippen molar-refractivity contribution in [2.75, 3.05) is 29.9 Å². The first-order valence-electron chi connectivity index (χ1n) is 12.6. The molecule has 0 unspecified atom stereocenters. The number of anilines is 2. The molecule has 1 saturated heterocycles. The van der Waals surface area contributed by atoms with Gasteiger partial charge in [-0.25, -0.2) is 19.9 Å². The summed E-state index contributed by atoms with van der Waals surface area (Å²) in [6.45, 7) is 3.45. The number of pyridine rings is 1. The Bertz CT molecular complexity index is 1560. The number of aliphatic imine (C=N–C) groups is 1. The summed E-state index contributed by atoms with van der Waals surface area (Å²) < 4.78 is 7.72. The van der Waals surface area contributed by atoms with Gasteiger partial charge in [0.2, 0.25) is 5.95 Å². The molecule has 0 bridgehead atoms. The molecule has 4 aromatic rings. The molecule has 3 aromatic heterocycles. The van der Waals surface area contributed by atoms with Gasteiger partial charge >= 0.3 is 0 Å². The molecular formula is C28H27N7O. The Morgan fingerprint density at radius 1 is 1.03 bits per heavy atom. The van der Waals surface area contributed by atoms with E-state index >= 15 is 0 Å². The lowest BCUT2D eigenvalue weighted by atomic mass is 10.0. The Morgan fingerprint density at radius 2 is 1.97 bits per heavy atom. The predicted molar refractivity (Wildman–Crippen MR) is 142 cm³/mol. The predicted octanol–water partition coefficient (Wildman–Crippen LogP) is 4.76. The van der Waals surface area contributed by atoms with Gasteiger partial charge in [-0.3, -0.25) is 0 Å². The van der Waals surface area contributed by atoms with E-state index in [4.69, 9.17) is 14.7 Å². The van der Waals surface area contributed by atoms with Crippen LogP contribution in [0.4, 0.5) is 11.6 Å². The zero-order valence-electron chi connectivity index (χ0n) is 20.0. The summed E-state index contributed by atoms with van der Waals surface area (Å²) in [4.78, 5) is 21.1. The fourth-order valence-electron chi connectivity index (χ4n) is 5.18. The van der Waals surface area contributed by atoms with Crippen LogP contribution in [0.1, 0.15) is 36.2 Å². The average Bonchev–Trinajstić information content (AvgIpc) is 3.52. The Balaban J connectivity index is 1.09. The normalized spacial score (nSPS) is 17.7. The van der Waals surface area contributed by atoms with E-state index < -0.39 is 0 Å². The fourth-order valence-corrected chi connectivity index (χ4v) is 5.18. The number of allylic oxidation sites excluding steroid dienone is 2. The van der Waals surface area contributed by atoms with Crippen LogP contribution in [0.15, 0.2) is 66.1 Å². The highest BCUT2D eigenvalue weighted by molar-refractivity contribution is 5.99. The number of nitrogens with zero attached hydrogens (tertiary/aromatic N) is 6. The topological polar surface area (TPSA) is 79.9 Å². The van der Waals surface area contributed by atoms with E-state index in [1.807, 2.05) is 12.4 Å². The van der Waals surface area contributed by atoms with E-state index in [9.17, 15) is 0 Å². The summed E-state index contributed by atoms with van der Waals surface area (Å²) in [5.74, 6) is 1.73.